The Morgan fingerprint density at radius 1 is 1.41 bits per heavy atom. The topological polar surface area (TPSA) is 45.8 Å². The SMILES string of the molecule is Cc1nc(Cc2ccccc2Br)[nH]c(=O)c1I. The predicted octanol–water partition coefficient (Wildman–Crippen LogP) is 3.04. The van der Waals surface area contributed by atoms with Crippen LogP contribution in [0.15, 0.2) is 33.5 Å². The van der Waals surface area contributed by atoms with Gasteiger partial charge in [-0.15, -0.1) is 0 Å². The summed E-state index contributed by atoms with van der Waals surface area (Å²) >= 11 is 5.49. The molecule has 17 heavy (non-hydrogen) atoms. The van der Waals surface area contributed by atoms with Crippen molar-refractivity contribution in [2.24, 2.45) is 0 Å². The Morgan fingerprint density at radius 2 is 2.12 bits per heavy atom. The number of hydrogen-bond donors (Lipinski definition) is 1. The molecule has 5 heteroatoms. The van der Waals surface area contributed by atoms with Crippen molar-refractivity contribution in [3.05, 3.63) is 59.7 Å². The zero-order valence-corrected chi connectivity index (χ0v) is 12.9. The summed E-state index contributed by atoms with van der Waals surface area (Å²) in [5.74, 6) is 0.694. The van der Waals surface area contributed by atoms with Crippen molar-refractivity contribution in [2.45, 2.75) is 13.3 Å². The molecule has 1 aromatic heterocycles. The van der Waals surface area contributed by atoms with Gasteiger partial charge in [0.15, 0.2) is 0 Å². The van der Waals surface area contributed by atoms with Gasteiger partial charge >= 0.3 is 0 Å². The molecule has 3 nitrogen and oxygen atoms in total. The van der Waals surface area contributed by atoms with Gasteiger partial charge in [0.25, 0.3) is 5.56 Å². The van der Waals surface area contributed by atoms with Crippen LogP contribution in [0.4, 0.5) is 0 Å². The molecule has 0 saturated carbocycles. The van der Waals surface area contributed by atoms with Gasteiger partial charge in [-0.1, -0.05) is 34.1 Å². The van der Waals surface area contributed by atoms with Crippen LogP contribution in [0.2, 0.25) is 0 Å². The van der Waals surface area contributed by atoms with Gasteiger partial charge in [0.1, 0.15) is 5.82 Å². The summed E-state index contributed by atoms with van der Waals surface area (Å²) in [7, 11) is 0. The first-order chi connectivity index (χ1) is 8.08. The van der Waals surface area contributed by atoms with Crippen molar-refractivity contribution < 1.29 is 0 Å². The lowest BCUT2D eigenvalue weighted by molar-refractivity contribution is 0.908. The number of halogens is 2. The number of H-pyrrole nitrogens is 1. The smallest absolute Gasteiger partial charge is 0.264 e. The van der Waals surface area contributed by atoms with Crippen LogP contribution in [0.3, 0.4) is 0 Å². The fourth-order valence-electron chi connectivity index (χ4n) is 1.54. The van der Waals surface area contributed by atoms with E-state index in [-0.39, 0.29) is 5.56 Å². The van der Waals surface area contributed by atoms with E-state index in [0.717, 1.165) is 15.7 Å². The molecular weight excluding hydrogens is 395 g/mol. The molecule has 1 N–H and O–H groups in total. The van der Waals surface area contributed by atoms with E-state index in [9.17, 15) is 4.79 Å². The maximum atomic E-state index is 11.6. The van der Waals surface area contributed by atoms with Gasteiger partial charge in [-0.25, -0.2) is 4.98 Å². The second kappa shape index (κ2) is 5.30. The number of aromatic nitrogens is 2. The van der Waals surface area contributed by atoms with Crippen molar-refractivity contribution in [2.75, 3.05) is 0 Å². The van der Waals surface area contributed by atoms with Gasteiger partial charge in [0, 0.05) is 10.9 Å². The first-order valence-electron chi connectivity index (χ1n) is 5.06. The summed E-state index contributed by atoms with van der Waals surface area (Å²) in [4.78, 5) is 18.8. The molecule has 0 amide bonds. The average Bonchev–Trinajstić information content (AvgIpc) is 2.29. The number of nitrogens with zero attached hydrogens (tertiary/aromatic N) is 1. The van der Waals surface area contributed by atoms with Gasteiger partial charge < -0.3 is 4.98 Å². The third-order valence-electron chi connectivity index (χ3n) is 2.39. The Hall–Kier alpha value is -0.690. The van der Waals surface area contributed by atoms with Gasteiger partial charge in [-0.3, -0.25) is 4.79 Å². The van der Waals surface area contributed by atoms with Gasteiger partial charge in [-0.2, -0.15) is 0 Å². The van der Waals surface area contributed by atoms with E-state index in [1.807, 2.05) is 53.8 Å². The van der Waals surface area contributed by atoms with E-state index >= 15 is 0 Å². The Labute approximate surface area is 121 Å². The maximum Gasteiger partial charge on any atom is 0.264 e. The van der Waals surface area contributed by atoms with Crippen LogP contribution < -0.4 is 5.56 Å². The quantitative estimate of drug-likeness (QED) is 0.782. The van der Waals surface area contributed by atoms with Gasteiger partial charge in [0.2, 0.25) is 0 Å². The fourth-order valence-corrected chi connectivity index (χ4v) is 2.22. The molecule has 0 fully saturated rings. The summed E-state index contributed by atoms with van der Waals surface area (Å²) in [5.41, 5.74) is 1.81. The Kier molecular flexibility index (Phi) is 3.98. The molecule has 0 aliphatic rings. The first kappa shape index (κ1) is 12.8. The first-order valence-corrected chi connectivity index (χ1v) is 6.94. The van der Waals surface area contributed by atoms with E-state index in [4.69, 9.17) is 0 Å². The van der Waals surface area contributed by atoms with E-state index in [0.29, 0.717) is 15.8 Å². The van der Waals surface area contributed by atoms with Crippen molar-refractivity contribution >= 4 is 38.5 Å². The van der Waals surface area contributed by atoms with Crippen molar-refractivity contribution in [1.29, 1.82) is 0 Å². The van der Waals surface area contributed by atoms with Crippen LogP contribution >= 0.6 is 38.5 Å². The Morgan fingerprint density at radius 3 is 2.76 bits per heavy atom. The molecule has 1 heterocycles. The van der Waals surface area contributed by atoms with Gasteiger partial charge in [-0.05, 0) is 41.1 Å². The van der Waals surface area contributed by atoms with Gasteiger partial charge in [0.05, 0.1) is 9.26 Å². The van der Waals surface area contributed by atoms with Crippen molar-refractivity contribution in [3.8, 4) is 0 Å². The number of benzene rings is 1. The summed E-state index contributed by atoms with van der Waals surface area (Å²) < 4.78 is 1.68. The molecule has 0 spiro atoms. The van der Waals surface area contributed by atoms with E-state index < -0.39 is 0 Å². The highest BCUT2D eigenvalue weighted by Crippen LogP contribution is 2.18. The van der Waals surface area contributed by atoms with Crippen LogP contribution in [0.5, 0.6) is 0 Å². The van der Waals surface area contributed by atoms with E-state index in [2.05, 4.69) is 25.9 Å². The lowest BCUT2D eigenvalue weighted by Gasteiger charge is -2.05. The number of nitrogens with one attached hydrogen (secondary N) is 1. The minimum absolute atomic E-state index is 0.0693. The molecular formula is C12H10BrIN2O. The minimum Gasteiger partial charge on any atom is -0.309 e. The molecule has 0 bridgehead atoms. The molecule has 0 unspecified atom stereocenters. The second-order valence-electron chi connectivity index (χ2n) is 3.68. The summed E-state index contributed by atoms with van der Waals surface area (Å²) in [6, 6.07) is 7.92. The third-order valence-corrected chi connectivity index (χ3v) is 4.44. The third kappa shape index (κ3) is 2.95. The highest BCUT2D eigenvalue weighted by molar-refractivity contribution is 14.1. The second-order valence-corrected chi connectivity index (χ2v) is 5.61. The standard InChI is InChI=1S/C12H10BrIN2O/c1-7-11(14)12(17)16-10(15-7)6-8-4-2-3-5-9(8)13/h2-5H,6H2,1H3,(H,15,16,17). The van der Waals surface area contributed by atoms with Crippen molar-refractivity contribution in [1.82, 2.24) is 9.97 Å². The van der Waals surface area contributed by atoms with E-state index in [1.165, 1.54) is 0 Å². The Balaban J connectivity index is 2.38. The molecule has 0 radical (unpaired) electrons. The molecule has 0 saturated heterocycles. The largest absolute Gasteiger partial charge is 0.309 e. The molecule has 0 aliphatic carbocycles. The molecule has 2 aromatic rings. The lowest BCUT2D eigenvalue weighted by atomic mass is 10.1. The number of aryl methyl sites for hydroxylation is 1. The normalized spacial score (nSPS) is 10.5. The summed E-state index contributed by atoms with van der Waals surface area (Å²) in [6.07, 6.45) is 0.619. The molecule has 1 aromatic carbocycles. The van der Waals surface area contributed by atoms with Crippen LogP contribution in [0, 0.1) is 10.5 Å². The number of rotatable bonds is 2. The highest BCUT2D eigenvalue weighted by Gasteiger charge is 2.07. The predicted molar refractivity (Wildman–Crippen MR) is 79.3 cm³/mol. The molecule has 88 valence electrons. The summed E-state index contributed by atoms with van der Waals surface area (Å²) in [6.45, 7) is 1.85. The average molecular weight is 405 g/mol. The molecule has 0 aliphatic heterocycles. The molecule has 2 rings (SSSR count). The number of aromatic amines is 1. The van der Waals surface area contributed by atoms with Crippen molar-refractivity contribution in [3.63, 3.8) is 0 Å². The zero-order chi connectivity index (χ0) is 12.4. The molecule has 0 atom stereocenters. The van der Waals surface area contributed by atoms with E-state index in [1.54, 1.807) is 0 Å². The minimum atomic E-state index is -0.0693. The number of hydrogen-bond acceptors (Lipinski definition) is 2. The Bertz CT molecular complexity index is 610. The van der Waals surface area contributed by atoms with Crippen LogP contribution in [-0.2, 0) is 6.42 Å². The van der Waals surface area contributed by atoms with Crippen LogP contribution in [-0.4, -0.2) is 9.97 Å². The lowest BCUT2D eigenvalue weighted by Crippen LogP contribution is -2.16. The summed E-state index contributed by atoms with van der Waals surface area (Å²) in [5, 5.41) is 0. The van der Waals surface area contributed by atoms with Crippen LogP contribution in [0.25, 0.3) is 0 Å². The fraction of sp³-hybridized carbons (Fsp3) is 0.167. The van der Waals surface area contributed by atoms with Crippen LogP contribution in [0.1, 0.15) is 17.1 Å². The maximum absolute atomic E-state index is 11.6. The highest BCUT2D eigenvalue weighted by atomic mass is 127. The zero-order valence-electron chi connectivity index (χ0n) is 9.13. The monoisotopic (exact) mass is 404 g/mol.